The molecule has 0 aliphatic carbocycles. The Morgan fingerprint density at radius 2 is 1.53 bits per heavy atom. The molecule has 0 saturated carbocycles. The van der Waals surface area contributed by atoms with Gasteiger partial charge in [0.05, 0.1) is 32.0 Å². The van der Waals surface area contributed by atoms with E-state index >= 15 is 0 Å². The Kier molecular flexibility index (Phi) is 9.00. The maximum absolute atomic E-state index is 12.5. The molecule has 2 fully saturated rings. The zero-order valence-electron chi connectivity index (χ0n) is 18.6. The van der Waals surface area contributed by atoms with Crippen molar-refractivity contribution in [1.29, 1.82) is 0 Å². The first-order chi connectivity index (χ1) is 16.4. The molecule has 11 nitrogen and oxygen atoms in total. The van der Waals surface area contributed by atoms with E-state index in [9.17, 15) is 19.2 Å². The first-order valence-electron chi connectivity index (χ1n) is 10.7. The highest BCUT2D eigenvalue weighted by molar-refractivity contribution is 5.89. The van der Waals surface area contributed by atoms with E-state index in [2.05, 4.69) is 6.58 Å². The molecule has 0 radical (unpaired) electrons. The predicted molar refractivity (Wildman–Crippen MR) is 113 cm³/mol. The Morgan fingerprint density at radius 1 is 0.941 bits per heavy atom. The van der Waals surface area contributed by atoms with Crippen molar-refractivity contribution in [3.05, 3.63) is 42.5 Å². The normalized spacial score (nSPS) is 22.9. The number of esters is 3. The molecule has 184 valence electrons. The molecule has 34 heavy (non-hydrogen) atoms. The summed E-state index contributed by atoms with van der Waals surface area (Å²) in [6.45, 7) is 5.20. The van der Waals surface area contributed by atoms with Crippen LogP contribution in [0.15, 0.2) is 36.9 Å². The van der Waals surface area contributed by atoms with Gasteiger partial charge in [0, 0.05) is 13.0 Å². The molecule has 1 aromatic rings. The van der Waals surface area contributed by atoms with Gasteiger partial charge in [-0.1, -0.05) is 6.58 Å². The van der Waals surface area contributed by atoms with Gasteiger partial charge in [0.2, 0.25) is 0 Å². The smallest absolute Gasteiger partial charge is 0.463 e. The Hall–Kier alpha value is -3.44. The molecule has 2 aliphatic rings. The molecule has 4 atom stereocenters. The molecule has 2 saturated heterocycles. The Labute approximate surface area is 195 Å². The highest BCUT2D eigenvalue weighted by Crippen LogP contribution is 2.31. The molecular weight excluding hydrogens is 452 g/mol. The first-order valence-corrected chi connectivity index (χ1v) is 10.7. The van der Waals surface area contributed by atoms with Crippen molar-refractivity contribution in [1.82, 2.24) is 0 Å². The Morgan fingerprint density at radius 3 is 2.12 bits per heavy atom. The Bertz CT molecular complexity index is 895. The lowest BCUT2D eigenvalue weighted by molar-refractivity contribution is -0.151. The molecular formula is C23H26O11. The summed E-state index contributed by atoms with van der Waals surface area (Å²) < 4.78 is 36.6. The van der Waals surface area contributed by atoms with Gasteiger partial charge < -0.3 is 33.2 Å². The number of fused-ring (bicyclic) bond motifs is 1. The number of hydrogen-bond acceptors (Lipinski definition) is 11. The van der Waals surface area contributed by atoms with Crippen LogP contribution in [0, 0.1) is 0 Å². The second-order valence-electron chi connectivity index (χ2n) is 7.49. The fourth-order valence-electron chi connectivity index (χ4n) is 3.43. The third-order valence-electron chi connectivity index (χ3n) is 5.00. The van der Waals surface area contributed by atoms with Crippen molar-refractivity contribution >= 4 is 24.1 Å². The fraction of sp³-hybridized carbons (Fsp3) is 0.478. The molecule has 1 aromatic carbocycles. The second kappa shape index (κ2) is 12.1. The summed E-state index contributed by atoms with van der Waals surface area (Å²) in [5.74, 6) is -1.35. The predicted octanol–water partition coefficient (Wildman–Crippen LogP) is 1.97. The van der Waals surface area contributed by atoms with Gasteiger partial charge in [-0.3, -0.25) is 4.79 Å². The number of unbranched alkanes of at least 4 members (excludes halogenated alkanes) is 1. The van der Waals surface area contributed by atoms with Gasteiger partial charge in [-0.25, -0.2) is 14.4 Å². The van der Waals surface area contributed by atoms with Crippen LogP contribution in [-0.4, -0.2) is 74.9 Å². The lowest BCUT2D eigenvalue weighted by Crippen LogP contribution is -2.35. The molecule has 11 heteroatoms. The number of carbonyl (C=O) groups is 4. The molecule has 2 aliphatic heterocycles. The van der Waals surface area contributed by atoms with Crippen molar-refractivity contribution in [2.45, 2.75) is 44.2 Å². The SMILES string of the molecule is C=CC(=O)OCCCCOC(=O)Oc1ccc(C(=O)O[C@@H]2COC3C2OC[C@H]3OC(C)=O)cc1. The van der Waals surface area contributed by atoms with Gasteiger partial charge in [0.25, 0.3) is 0 Å². The summed E-state index contributed by atoms with van der Waals surface area (Å²) in [6, 6.07) is 5.76. The van der Waals surface area contributed by atoms with Crippen LogP contribution in [0.2, 0.25) is 0 Å². The molecule has 0 N–H and O–H groups in total. The van der Waals surface area contributed by atoms with E-state index < -0.39 is 48.5 Å². The minimum atomic E-state index is -0.895. The van der Waals surface area contributed by atoms with E-state index in [1.54, 1.807) is 0 Å². The van der Waals surface area contributed by atoms with Crippen LogP contribution >= 0.6 is 0 Å². The van der Waals surface area contributed by atoms with Crippen LogP contribution in [0.25, 0.3) is 0 Å². The number of benzene rings is 1. The van der Waals surface area contributed by atoms with E-state index in [4.69, 9.17) is 33.2 Å². The van der Waals surface area contributed by atoms with Crippen molar-refractivity contribution in [2.24, 2.45) is 0 Å². The average molecular weight is 478 g/mol. The molecule has 2 heterocycles. The average Bonchev–Trinajstić information content (AvgIpc) is 3.39. The highest BCUT2D eigenvalue weighted by Gasteiger charge is 2.51. The summed E-state index contributed by atoms with van der Waals surface area (Å²) in [6.07, 6.45) is -0.974. The zero-order chi connectivity index (χ0) is 24.5. The maximum Gasteiger partial charge on any atom is 0.513 e. The molecule has 0 bridgehead atoms. The van der Waals surface area contributed by atoms with Gasteiger partial charge in [0.1, 0.15) is 18.0 Å². The van der Waals surface area contributed by atoms with E-state index in [0.717, 1.165) is 6.08 Å². The summed E-state index contributed by atoms with van der Waals surface area (Å²) >= 11 is 0. The van der Waals surface area contributed by atoms with Crippen LogP contribution in [0.1, 0.15) is 30.1 Å². The van der Waals surface area contributed by atoms with E-state index in [-0.39, 0.29) is 37.7 Å². The lowest BCUT2D eigenvalue weighted by atomic mass is 10.1. The van der Waals surface area contributed by atoms with Crippen molar-refractivity contribution < 1.29 is 52.3 Å². The number of rotatable bonds is 10. The molecule has 0 amide bonds. The van der Waals surface area contributed by atoms with Crippen molar-refractivity contribution in [2.75, 3.05) is 26.4 Å². The van der Waals surface area contributed by atoms with Crippen molar-refractivity contribution in [3.63, 3.8) is 0 Å². The minimum Gasteiger partial charge on any atom is -0.463 e. The number of ether oxygens (including phenoxy) is 7. The van der Waals surface area contributed by atoms with Gasteiger partial charge in [-0.2, -0.15) is 0 Å². The van der Waals surface area contributed by atoms with Crippen LogP contribution < -0.4 is 4.74 Å². The first kappa shape index (κ1) is 25.2. The van der Waals surface area contributed by atoms with Gasteiger partial charge in [-0.15, -0.1) is 0 Å². The zero-order valence-corrected chi connectivity index (χ0v) is 18.6. The quantitative estimate of drug-likeness (QED) is 0.161. The van der Waals surface area contributed by atoms with Crippen LogP contribution in [0.3, 0.4) is 0 Å². The highest BCUT2D eigenvalue weighted by atomic mass is 16.7. The second-order valence-corrected chi connectivity index (χ2v) is 7.49. The van der Waals surface area contributed by atoms with Crippen LogP contribution in [-0.2, 0) is 38.0 Å². The molecule has 0 aromatic heterocycles. The van der Waals surface area contributed by atoms with Gasteiger partial charge >= 0.3 is 24.1 Å². The van der Waals surface area contributed by atoms with E-state index in [0.29, 0.717) is 12.8 Å². The largest absolute Gasteiger partial charge is 0.513 e. The molecule has 2 unspecified atom stereocenters. The van der Waals surface area contributed by atoms with Gasteiger partial charge in [0.15, 0.2) is 12.2 Å². The van der Waals surface area contributed by atoms with Crippen LogP contribution in [0.4, 0.5) is 4.79 Å². The summed E-state index contributed by atoms with van der Waals surface area (Å²) in [4.78, 5) is 46.3. The number of carbonyl (C=O) groups excluding carboxylic acids is 4. The third kappa shape index (κ3) is 7.03. The molecule has 3 rings (SSSR count). The fourth-order valence-corrected chi connectivity index (χ4v) is 3.43. The number of hydrogen-bond donors (Lipinski definition) is 0. The standard InChI is InChI=1S/C23H26O11/c1-3-19(25)28-10-4-5-11-29-23(27)33-16-8-6-15(7-9-16)22(26)34-18-13-31-20-17(32-14(2)24)12-30-21(18)20/h3,6-9,17-18,20-21H,1,4-5,10-13H2,2H3/t17-,18-,20?,21?/m1/s1. The van der Waals surface area contributed by atoms with Gasteiger partial charge in [-0.05, 0) is 37.1 Å². The monoisotopic (exact) mass is 478 g/mol. The minimum absolute atomic E-state index is 0.0981. The summed E-state index contributed by atoms with van der Waals surface area (Å²) in [7, 11) is 0. The van der Waals surface area contributed by atoms with E-state index in [1.807, 2.05) is 0 Å². The topological polar surface area (TPSA) is 133 Å². The third-order valence-corrected chi connectivity index (χ3v) is 5.00. The molecule has 0 spiro atoms. The van der Waals surface area contributed by atoms with E-state index in [1.165, 1.54) is 31.2 Å². The van der Waals surface area contributed by atoms with Crippen LogP contribution in [0.5, 0.6) is 5.75 Å². The maximum atomic E-state index is 12.5. The lowest BCUT2D eigenvalue weighted by Gasteiger charge is -2.17. The summed E-state index contributed by atoms with van der Waals surface area (Å²) in [5, 5.41) is 0. The summed E-state index contributed by atoms with van der Waals surface area (Å²) in [5.41, 5.74) is 0.243. The Balaban J connectivity index is 1.38. The van der Waals surface area contributed by atoms with Crippen molar-refractivity contribution in [3.8, 4) is 5.75 Å².